The summed E-state index contributed by atoms with van der Waals surface area (Å²) >= 11 is 0. The van der Waals surface area contributed by atoms with Gasteiger partial charge in [-0.05, 0) is 38.1 Å². The Labute approximate surface area is 171 Å². The van der Waals surface area contributed by atoms with Crippen molar-refractivity contribution in [3.8, 4) is 17.5 Å². The highest BCUT2D eigenvalue weighted by molar-refractivity contribution is 5.90. The predicted octanol–water partition coefficient (Wildman–Crippen LogP) is 2.08. The number of nitriles is 1. The van der Waals surface area contributed by atoms with E-state index in [1.165, 1.54) is 12.3 Å². The maximum Gasteiger partial charge on any atom is 0.275 e. The third-order valence-electron chi connectivity index (χ3n) is 4.57. The number of hydrogen-bond acceptors (Lipinski definition) is 6. The van der Waals surface area contributed by atoms with Gasteiger partial charge in [0.1, 0.15) is 18.3 Å². The lowest BCUT2D eigenvalue weighted by Gasteiger charge is -2.11. The number of benzene rings is 1. The molecule has 9 nitrogen and oxygen atoms in total. The van der Waals surface area contributed by atoms with Gasteiger partial charge in [0.25, 0.3) is 5.56 Å². The topological polar surface area (TPSA) is 118 Å². The molecule has 3 heterocycles. The first-order valence-electron chi connectivity index (χ1n) is 9.15. The van der Waals surface area contributed by atoms with Crippen LogP contribution in [0.15, 0.2) is 53.5 Å². The summed E-state index contributed by atoms with van der Waals surface area (Å²) in [5.41, 5.74) is 2.85. The molecule has 0 aliphatic carbocycles. The van der Waals surface area contributed by atoms with Crippen LogP contribution in [0.2, 0.25) is 0 Å². The fraction of sp³-hybridized carbons (Fsp3) is 0.143. The number of aromatic nitrogens is 5. The highest BCUT2D eigenvalue weighted by Crippen LogP contribution is 2.16. The number of fused-ring (bicyclic) bond motifs is 1. The van der Waals surface area contributed by atoms with E-state index >= 15 is 0 Å². The molecule has 0 aliphatic heterocycles. The number of anilines is 1. The Morgan fingerprint density at radius 3 is 2.60 bits per heavy atom. The fourth-order valence-electron chi connectivity index (χ4n) is 2.99. The Kier molecular flexibility index (Phi) is 4.82. The minimum Gasteiger partial charge on any atom is -0.325 e. The maximum absolute atomic E-state index is 12.6. The number of pyridine rings is 1. The monoisotopic (exact) mass is 399 g/mol. The first-order chi connectivity index (χ1) is 14.4. The van der Waals surface area contributed by atoms with E-state index in [1.807, 2.05) is 37.3 Å². The second-order valence-electron chi connectivity index (χ2n) is 6.82. The highest BCUT2D eigenvalue weighted by atomic mass is 16.2. The third kappa shape index (κ3) is 3.66. The molecule has 0 saturated heterocycles. The summed E-state index contributed by atoms with van der Waals surface area (Å²) in [7, 11) is 0. The van der Waals surface area contributed by atoms with Gasteiger partial charge in [-0.1, -0.05) is 17.7 Å². The number of carbonyl (C=O) groups is 1. The summed E-state index contributed by atoms with van der Waals surface area (Å²) in [6.45, 7) is 3.67. The Bertz CT molecular complexity index is 1340. The Morgan fingerprint density at radius 2 is 1.93 bits per heavy atom. The first-order valence-corrected chi connectivity index (χ1v) is 9.15. The van der Waals surface area contributed by atoms with Crippen LogP contribution in [0.1, 0.15) is 17.0 Å². The second-order valence-corrected chi connectivity index (χ2v) is 6.82. The van der Waals surface area contributed by atoms with Gasteiger partial charge in [0.15, 0.2) is 5.82 Å². The van der Waals surface area contributed by atoms with Crippen molar-refractivity contribution in [3.63, 3.8) is 0 Å². The number of hydrogen-bond donors (Lipinski definition) is 1. The van der Waals surface area contributed by atoms with Crippen LogP contribution in [0.3, 0.4) is 0 Å². The van der Waals surface area contributed by atoms with Crippen molar-refractivity contribution < 1.29 is 4.79 Å². The van der Waals surface area contributed by atoms with Gasteiger partial charge in [0.05, 0.1) is 0 Å². The molecular formula is C21H17N7O2. The van der Waals surface area contributed by atoms with E-state index in [0.717, 1.165) is 10.1 Å². The molecule has 0 unspecified atom stereocenters. The summed E-state index contributed by atoms with van der Waals surface area (Å²) in [5.74, 6) is 0.276. The molecule has 4 aromatic rings. The predicted molar refractivity (Wildman–Crippen MR) is 110 cm³/mol. The molecule has 1 N–H and O–H groups in total. The molecule has 9 heteroatoms. The lowest BCUT2D eigenvalue weighted by molar-refractivity contribution is -0.116. The van der Waals surface area contributed by atoms with Gasteiger partial charge in [0, 0.05) is 29.2 Å². The maximum atomic E-state index is 12.6. The number of aryl methyl sites for hydroxylation is 2. The molecule has 0 fully saturated rings. The molecule has 0 aliphatic rings. The van der Waals surface area contributed by atoms with E-state index in [0.29, 0.717) is 16.9 Å². The van der Waals surface area contributed by atoms with Crippen molar-refractivity contribution in [2.45, 2.75) is 20.4 Å². The van der Waals surface area contributed by atoms with Crippen LogP contribution in [0.4, 0.5) is 5.69 Å². The summed E-state index contributed by atoms with van der Waals surface area (Å²) in [6.07, 6.45) is 1.47. The minimum absolute atomic E-state index is 0.0345. The van der Waals surface area contributed by atoms with Gasteiger partial charge in [-0.2, -0.15) is 14.8 Å². The molecule has 0 saturated carbocycles. The number of carbonyl (C=O) groups excluding carboxylic acids is 1. The second kappa shape index (κ2) is 7.60. The quantitative estimate of drug-likeness (QED) is 0.561. The standard InChI is InChI=1S/C21H17N7O2/c1-13-3-6-16(7-4-13)24-18(29)12-27-14(2)9-19(30)28-21(27)25-20(26-28)15-5-8-17(10-22)23-11-15/h3-9,11H,12H2,1-2H3,(H,24,29). The van der Waals surface area contributed by atoms with Crippen LogP contribution in [0.25, 0.3) is 17.2 Å². The van der Waals surface area contributed by atoms with Crippen LogP contribution >= 0.6 is 0 Å². The summed E-state index contributed by atoms with van der Waals surface area (Å²) in [5, 5.41) is 16.0. The average Bonchev–Trinajstić information content (AvgIpc) is 3.19. The largest absolute Gasteiger partial charge is 0.325 e. The molecule has 0 atom stereocenters. The highest BCUT2D eigenvalue weighted by Gasteiger charge is 2.16. The van der Waals surface area contributed by atoms with Gasteiger partial charge in [-0.3, -0.25) is 9.59 Å². The molecule has 30 heavy (non-hydrogen) atoms. The van der Waals surface area contributed by atoms with Crippen molar-refractivity contribution in [2.75, 3.05) is 5.32 Å². The zero-order valence-electron chi connectivity index (χ0n) is 16.3. The van der Waals surface area contributed by atoms with Gasteiger partial charge >= 0.3 is 0 Å². The fourth-order valence-corrected chi connectivity index (χ4v) is 2.99. The van der Waals surface area contributed by atoms with Crippen molar-refractivity contribution in [2.24, 2.45) is 0 Å². The zero-order valence-corrected chi connectivity index (χ0v) is 16.3. The molecule has 1 aromatic carbocycles. The van der Waals surface area contributed by atoms with E-state index in [4.69, 9.17) is 5.26 Å². The van der Waals surface area contributed by atoms with E-state index < -0.39 is 0 Å². The SMILES string of the molecule is Cc1ccc(NC(=O)Cn2c(C)cc(=O)n3nc(-c4ccc(C#N)nc4)nc23)cc1. The number of rotatable bonds is 4. The molecular weight excluding hydrogens is 382 g/mol. The lowest BCUT2D eigenvalue weighted by atomic mass is 10.2. The van der Waals surface area contributed by atoms with Gasteiger partial charge in [-0.15, -0.1) is 5.10 Å². The van der Waals surface area contributed by atoms with Gasteiger partial charge in [-0.25, -0.2) is 4.98 Å². The van der Waals surface area contributed by atoms with E-state index in [1.54, 1.807) is 23.6 Å². The lowest BCUT2D eigenvalue weighted by Crippen LogP contribution is -2.25. The molecule has 3 aromatic heterocycles. The van der Waals surface area contributed by atoms with Gasteiger partial charge in [0.2, 0.25) is 11.7 Å². The zero-order chi connectivity index (χ0) is 21.3. The first kappa shape index (κ1) is 19.0. The summed E-state index contributed by atoms with van der Waals surface area (Å²) in [4.78, 5) is 33.4. The molecule has 4 rings (SSSR count). The Morgan fingerprint density at radius 1 is 1.17 bits per heavy atom. The third-order valence-corrected chi connectivity index (χ3v) is 4.57. The van der Waals surface area contributed by atoms with Crippen LogP contribution in [0.5, 0.6) is 0 Å². The minimum atomic E-state index is -0.349. The molecule has 1 amide bonds. The van der Waals surface area contributed by atoms with E-state index in [9.17, 15) is 9.59 Å². The Hall–Kier alpha value is -4.32. The van der Waals surface area contributed by atoms with Crippen molar-refractivity contribution in [1.29, 1.82) is 5.26 Å². The molecule has 0 radical (unpaired) electrons. The van der Waals surface area contributed by atoms with E-state index in [2.05, 4.69) is 20.4 Å². The average molecular weight is 399 g/mol. The number of nitrogens with one attached hydrogen (secondary N) is 1. The van der Waals surface area contributed by atoms with E-state index in [-0.39, 0.29) is 35.3 Å². The Balaban J connectivity index is 1.69. The smallest absolute Gasteiger partial charge is 0.275 e. The molecule has 0 spiro atoms. The van der Waals surface area contributed by atoms with Crippen molar-refractivity contribution in [1.82, 2.24) is 24.1 Å². The molecule has 148 valence electrons. The normalized spacial score (nSPS) is 10.7. The van der Waals surface area contributed by atoms with Gasteiger partial charge < -0.3 is 9.88 Å². The van der Waals surface area contributed by atoms with Crippen molar-refractivity contribution >= 4 is 17.4 Å². The summed E-state index contributed by atoms with van der Waals surface area (Å²) < 4.78 is 2.78. The van der Waals surface area contributed by atoms with Crippen LogP contribution in [0, 0.1) is 25.2 Å². The molecule has 0 bridgehead atoms. The number of amides is 1. The van der Waals surface area contributed by atoms with Crippen LogP contribution in [-0.4, -0.2) is 30.1 Å². The van der Waals surface area contributed by atoms with Crippen LogP contribution < -0.4 is 10.9 Å². The number of nitrogens with zero attached hydrogens (tertiary/aromatic N) is 6. The van der Waals surface area contributed by atoms with Crippen molar-refractivity contribution in [3.05, 3.63) is 76.0 Å². The van der Waals surface area contributed by atoms with Crippen LogP contribution in [-0.2, 0) is 11.3 Å². The summed E-state index contributed by atoms with van der Waals surface area (Å²) in [6, 6.07) is 14.0.